The largest absolute Gasteiger partial charge is 0.490 e. The molecule has 1 aliphatic carbocycles. The van der Waals surface area contributed by atoms with E-state index in [0.29, 0.717) is 12.5 Å². The Morgan fingerprint density at radius 1 is 1.40 bits per heavy atom. The van der Waals surface area contributed by atoms with Crippen molar-refractivity contribution in [3.63, 3.8) is 0 Å². The van der Waals surface area contributed by atoms with Crippen LogP contribution in [0.25, 0.3) is 10.2 Å². The molecule has 1 aromatic carbocycles. The van der Waals surface area contributed by atoms with E-state index in [0.717, 1.165) is 47.6 Å². The van der Waals surface area contributed by atoms with Crippen molar-refractivity contribution in [3.05, 3.63) is 69.1 Å². The number of fused-ring (bicyclic) bond motifs is 3. The highest BCUT2D eigenvalue weighted by molar-refractivity contribution is 7.18. The molecular formula is C24H30N3O2S+. The zero-order valence-electron chi connectivity index (χ0n) is 18.0. The summed E-state index contributed by atoms with van der Waals surface area (Å²) in [6, 6.07) is 8.22. The van der Waals surface area contributed by atoms with Gasteiger partial charge in [0, 0.05) is 10.4 Å². The highest BCUT2D eigenvalue weighted by Gasteiger charge is 2.25. The molecule has 30 heavy (non-hydrogen) atoms. The van der Waals surface area contributed by atoms with E-state index in [9.17, 15) is 4.79 Å². The number of benzene rings is 1. The second-order valence-corrected chi connectivity index (χ2v) is 9.56. The van der Waals surface area contributed by atoms with Crippen LogP contribution in [0, 0.1) is 5.92 Å². The minimum Gasteiger partial charge on any atom is -0.490 e. The summed E-state index contributed by atoms with van der Waals surface area (Å²) < 4.78 is 5.55. The summed E-state index contributed by atoms with van der Waals surface area (Å²) in [6.07, 6.45) is 4.95. The van der Waals surface area contributed by atoms with Crippen LogP contribution >= 0.6 is 11.3 Å². The van der Waals surface area contributed by atoms with Gasteiger partial charge < -0.3 is 14.6 Å². The predicted octanol–water partition coefficient (Wildman–Crippen LogP) is 3.45. The van der Waals surface area contributed by atoms with Gasteiger partial charge in [-0.3, -0.25) is 4.79 Å². The average Bonchev–Trinajstić information content (AvgIpc) is 3.10. The van der Waals surface area contributed by atoms with Gasteiger partial charge in [-0.1, -0.05) is 19.6 Å². The Balaban J connectivity index is 1.53. The molecule has 4 rings (SSSR count). The first-order chi connectivity index (χ1) is 14.5. The number of hydrogen-bond acceptors (Lipinski definition) is 4. The van der Waals surface area contributed by atoms with Gasteiger partial charge in [0.25, 0.3) is 5.56 Å². The van der Waals surface area contributed by atoms with Gasteiger partial charge in [0.2, 0.25) is 0 Å². The Bertz CT molecular complexity index is 1100. The minimum atomic E-state index is 0.0189. The van der Waals surface area contributed by atoms with Crippen molar-refractivity contribution in [2.24, 2.45) is 5.92 Å². The summed E-state index contributed by atoms with van der Waals surface area (Å²) in [4.78, 5) is 24.4. The molecule has 2 heterocycles. The van der Waals surface area contributed by atoms with Crippen LogP contribution in [0.4, 0.5) is 0 Å². The molecule has 1 aliphatic rings. The first kappa shape index (κ1) is 20.8. The highest BCUT2D eigenvalue weighted by Crippen LogP contribution is 2.35. The molecule has 2 N–H and O–H groups in total. The lowest BCUT2D eigenvalue weighted by molar-refractivity contribution is -0.924. The average molecular weight is 425 g/mol. The van der Waals surface area contributed by atoms with Crippen molar-refractivity contribution in [1.29, 1.82) is 0 Å². The lowest BCUT2D eigenvalue weighted by Crippen LogP contribution is -3.07. The summed E-state index contributed by atoms with van der Waals surface area (Å²) in [5.41, 5.74) is 2.47. The van der Waals surface area contributed by atoms with Gasteiger partial charge in [0.05, 0.1) is 12.4 Å². The third-order valence-corrected chi connectivity index (χ3v) is 7.26. The normalized spacial score (nSPS) is 18.0. The maximum Gasteiger partial charge on any atom is 0.260 e. The summed E-state index contributed by atoms with van der Waals surface area (Å²) >= 11 is 1.71. The smallest absolute Gasteiger partial charge is 0.260 e. The molecule has 0 amide bonds. The van der Waals surface area contributed by atoms with E-state index in [1.54, 1.807) is 17.4 Å². The van der Waals surface area contributed by atoms with Gasteiger partial charge in [0.1, 0.15) is 29.8 Å². The molecule has 0 aliphatic heterocycles. The van der Waals surface area contributed by atoms with E-state index < -0.39 is 0 Å². The van der Waals surface area contributed by atoms with Crippen molar-refractivity contribution >= 4 is 21.6 Å². The topological polar surface area (TPSA) is 59.4 Å². The number of quaternary nitrogens is 1. The number of nitrogens with zero attached hydrogens (tertiary/aromatic N) is 1. The maximum absolute atomic E-state index is 12.9. The van der Waals surface area contributed by atoms with E-state index in [-0.39, 0.29) is 11.6 Å². The van der Waals surface area contributed by atoms with Crippen LogP contribution in [0.5, 0.6) is 5.75 Å². The van der Waals surface area contributed by atoms with Gasteiger partial charge in [-0.2, -0.15) is 0 Å². The van der Waals surface area contributed by atoms with E-state index in [2.05, 4.69) is 44.6 Å². The fourth-order valence-electron chi connectivity index (χ4n) is 4.14. The summed E-state index contributed by atoms with van der Waals surface area (Å²) in [5, 5.41) is 0.825. The van der Waals surface area contributed by atoms with Crippen molar-refractivity contribution in [1.82, 2.24) is 9.97 Å². The molecule has 158 valence electrons. The predicted molar refractivity (Wildman–Crippen MR) is 123 cm³/mol. The van der Waals surface area contributed by atoms with Gasteiger partial charge in [0.15, 0.2) is 5.82 Å². The Morgan fingerprint density at radius 3 is 2.90 bits per heavy atom. The fraction of sp³-hybridized carbons (Fsp3) is 0.417. The number of aryl methyl sites for hydroxylation is 1. The molecule has 6 heteroatoms. The second kappa shape index (κ2) is 8.74. The number of H-pyrrole nitrogens is 1. The molecule has 0 spiro atoms. The van der Waals surface area contributed by atoms with E-state index in [1.807, 2.05) is 12.1 Å². The number of rotatable bonds is 7. The molecule has 5 nitrogen and oxygen atoms in total. The molecule has 1 unspecified atom stereocenters. The minimum absolute atomic E-state index is 0.0189. The van der Waals surface area contributed by atoms with Crippen LogP contribution in [0.15, 0.2) is 41.7 Å². The molecule has 0 radical (unpaired) electrons. The van der Waals surface area contributed by atoms with Crippen LogP contribution in [0.2, 0.25) is 0 Å². The van der Waals surface area contributed by atoms with Crippen molar-refractivity contribution in [2.75, 3.05) is 13.7 Å². The molecule has 0 bridgehead atoms. The molecule has 0 saturated carbocycles. The Labute approximate surface area is 181 Å². The summed E-state index contributed by atoms with van der Waals surface area (Å²) in [7, 11) is 2.14. The standard InChI is InChI=1S/C24H29N3O2S/c1-5-12-29-18-9-7-17(8-10-18)14-27(4)16(3)22-25-23(28)21-19-11-6-15(2)13-20(19)30-24(21)26-22/h5,7-10,15-16H,1,6,11-14H2,2-4H3,(H,25,26,28)/p+1/t15-,16+/m0/s1. The Hall–Kier alpha value is -2.44. The zero-order valence-corrected chi connectivity index (χ0v) is 18.8. The lowest BCUT2D eigenvalue weighted by atomic mass is 9.89. The Kier molecular flexibility index (Phi) is 6.06. The first-order valence-electron chi connectivity index (χ1n) is 10.7. The maximum atomic E-state index is 12.9. The quantitative estimate of drug-likeness (QED) is 0.571. The molecule has 3 aromatic rings. The van der Waals surface area contributed by atoms with E-state index >= 15 is 0 Å². The molecule has 0 fully saturated rings. The second-order valence-electron chi connectivity index (χ2n) is 8.47. The van der Waals surface area contributed by atoms with Crippen LogP contribution in [0.1, 0.15) is 48.1 Å². The Morgan fingerprint density at radius 2 is 2.17 bits per heavy atom. The van der Waals surface area contributed by atoms with Crippen LogP contribution < -0.4 is 15.2 Å². The number of hydrogen-bond donors (Lipinski definition) is 2. The van der Waals surface area contributed by atoms with Crippen LogP contribution in [-0.4, -0.2) is 23.6 Å². The molecule has 2 aromatic heterocycles. The summed E-state index contributed by atoms with van der Waals surface area (Å²) in [6.45, 7) is 9.42. The van der Waals surface area contributed by atoms with Gasteiger partial charge >= 0.3 is 0 Å². The van der Waals surface area contributed by atoms with Crippen molar-refractivity contribution in [3.8, 4) is 5.75 Å². The SMILES string of the molecule is C=CCOc1ccc(C[NH+](C)[C@H](C)c2nc3sc4c(c3c(=O)[nH]2)CC[C@H](C)C4)cc1. The van der Waals surface area contributed by atoms with Crippen LogP contribution in [0.3, 0.4) is 0 Å². The van der Waals surface area contributed by atoms with E-state index in [1.165, 1.54) is 20.9 Å². The highest BCUT2D eigenvalue weighted by atomic mass is 32.1. The first-order valence-corrected chi connectivity index (χ1v) is 11.5. The van der Waals surface area contributed by atoms with Gasteiger partial charge in [-0.15, -0.1) is 11.3 Å². The van der Waals surface area contributed by atoms with Gasteiger partial charge in [-0.25, -0.2) is 4.98 Å². The number of ether oxygens (including phenoxy) is 1. The van der Waals surface area contributed by atoms with E-state index in [4.69, 9.17) is 9.72 Å². The third-order valence-electron chi connectivity index (χ3n) is 6.11. The number of nitrogens with one attached hydrogen (secondary N) is 2. The monoisotopic (exact) mass is 424 g/mol. The molecular weight excluding hydrogens is 394 g/mol. The van der Waals surface area contributed by atoms with Crippen molar-refractivity contribution in [2.45, 2.75) is 45.7 Å². The zero-order chi connectivity index (χ0) is 21.3. The number of thiophene rings is 1. The number of aromatic nitrogens is 2. The molecule has 0 saturated heterocycles. The van der Waals surface area contributed by atoms with Crippen molar-refractivity contribution < 1.29 is 9.64 Å². The fourth-order valence-corrected chi connectivity index (χ4v) is 5.53. The van der Waals surface area contributed by atoms with Gasteiger partial charge in [-0.05, 0) is 61.9 Å². The molecule has 3 atom stereocenters. The lowest BCUT2D eigenvalue weighted by Gasteiger charge is -2.21. The third kappa shape index (κ3) is 4.20. The van der Waals surface area contributed by atoms with Crippen LogP contribution in [-0.2, 0) is 19.4 Å². The summed E-state index contributed by atoms with van der Waals surface area (Å²) in [5.74, 6) is 2.30. The number of aromatic amines is 1.